The van der Waals surface area contributed by atoms with Crippen LogP contribution in [0.15, 0.2) is 58.6 Å². The number of rotatable bonds is 2. The topological polar surface area (TPSA) is 20.9 Å². The summed E-state index contributed by atoms with van der Waals surface area (Å²) < 4.78 is 14.1. The van der Waals surface area contributed by atoms with Crippen LogP contribution in [0, 0.1) is 6.92 Å². The summed E-state index contributed by atoms with van der Waals surface area (Å²) in [7, 11) is 0.840. The quantitative estimate of drug-likeness (QED) is 0.725. The number of hydrogen-bond donors (Lipinski definition) is 0. The molecule has 0 aliphatic rings. The summed E-state index contributed by atoms with van der Waals surface area (Å²) in [6.07, 6.45) is 3.81. The molecule has 0 radical (unpaired) electrons. The van der Waals surface area contributed by atoms with Gasteiger partial charge in [-0.05, 0) is 25.1 Å². The highest BCUT2D eigenvalue weighted by Crippen LogP contribution is 2.15. The second-order valence-corrected chi connectivity index (χ2v) is 5.27. The first-order valence-corrected chi connectivity index (χ1v) is 6.25. The molecule has 3 heteroatoms. The van der Waals surface area contributed by atoms with E-state index in [-0.39, 0.29) is 0 Å². The molecule has 0 aliphatic carbocycles. The zero-order chi connectivity index (χ0) is 11.5. The first-order chi connectivity index (χ1) is 7.66. The Labute approximate surface area is 98.0 Å². The zero-order valence-electron chi connectivity index (χ0n) is 9.38. The minimum atomic E-state index is -1.09. The molecule has 1 unspecified atom stereocenters. The van der Waals surface area contributed by atoms with Gasteiger partial charge >= 0.3 is 0 Å². The summed E-state index contributed by atoms with van der Waals surface area (Å²) in [5.41, 5.74) is 1.18. The van der Waals surface area contributed by atoms with E-state index in [0.29, 0.717) is 0 Å². The molecule has 16 heavy (non-hydrogen) atoms. The molecule has 2 nitrogen and oxygen atoms in total. The third kappa shape index (κ3) is 2.36. The SMILES string of the molecule is Cc1ccc(S(=O)c2ccc[n+](C)c2)cc1. The van der Waals surface area contributed by atoms with Gasteiger partial charge in [-0.2, -0.15) is 0 Å². The van der Waals surface area contributed by atoms with Crippen molar-refractivity contribution in [3.63, 3.8) is 0 Å². The Balaban J connectivity index is 2.35. The van der Waals surface area contributed by atoms with Crippen molar-refractivity contribution in [1.82, 2.24) is 0 Å². The van der Waals surface area contributed by atoms with Crippen LogP contribution in [0.5, 0.6) is 0 Å². The lowest BCUT2D eigenvalue weighted by molar-refractivity contribution is -0.673. The van der Waals surface area contributed by atoms with E-state index in [1.165, 1.54) is 5.56 Å². The molecule has 0 amide bonds. The fourth-order valence-electron chi connectivity index (χ4n) is 1.47. The summed E-state index contributed by atoms with van der Waals surface area (Å²) in [6.45, 7) is 2.02. The van der Waals surface area contributed by atoms with Gasteiger partial charge in [0.15, 0.2) is 12.4 Å². The molecule has 0 bridgehead atoms. The predicted octanol–water partition coefficient (Wildman–Crippen LogP) is 1.99. The van der Waals surface area contributed by atoms with Crippen LogP contribution in [0.2, 0.25) is 0 Å². The summed E-state index contributed by atoms with van der Waals surface area (Å²) in [4.78, 5) is 1.67. The van der Waals surface area contributed by atoms with E-state index in [1.54, 1.807) is 0 Å². The average molecular weight is 232 g/mol. The van der Waals surface area contributed by atoms with Crippen LogP contribution in [0.1, 0.15) is 5.56 Å². The van der Waals surface area contributed by atoms with Gasteiger partial charge < -0.3 is 0 Å². The molecule has 82 valence electrons. The number of pyridine rings is 1. The van der Waals surface area contributed by atoms with Crippen molar-refractivity contribution >= 4 is 10.8 Å². The maximum atomic E-state index is 12.2. The highest BCUT2D eigenvalue weighted by molar-refractivity contribution is 7.85. The van der Waals surface area contributed by atoms with Crippen molar-refractivity contribution < 1.29 is 8.78 Å². The van der Waals surface area contributed by atoms with Gasteiger partial charge in [0.2, 0.25) is 0 Å². The minimum absolute atomic E-state index is 0.828. The minimum Gasteiger partial charge on any atom is -0.249 e. The van der Waals surface area contributed by atoms with E-state index in [4.69, 9.17) is 0 Å². The molecular weight excluding hydrogens is 218 g/mol. The van der Waals surface area contributed by atoms with Crippen molar-refractivity contribution in [1.29, 1.82) is 0 Å². The molecule has 0 saturated carbocycles. The monoisotopic (exact) mass is 232 g/mol. The second kappa shape index (κ2) is 4.58. The van der Waals surface area contributed by atoms with Crippen molar-refractivity contribution in [2.75, 3.05) is 0 Å². The van der Waals surface area contributed by atoms with Crippen LogP contribution in [0.3, 0.4) is 0 Å². The Bertz CT molecular complexity index is 520. The van der Waals surface area contributed by atoms with Crippen molar-refractivity contribution in [3.8, 4) is 0 Å². The molecule has 0 fully saturated rings. The van der Waals surface area contributed by atoms with Gasteiger partial charge in [-0.25, -0.2) is 8.78 Å². The molecule has 1 aromatic carbocycles. The lowest BCUT2D eigenvalue weighted by atomic mass is 10.2. The molecule has 0 N–H and O–H groups in total. The summed E-state index contributed by atoms with van der Waals surface area (Å²) in [5.74, 6) is 0. The van der Waals surface area contributed by atoms with Gasteiger partial charge in [0, 0.05) is 11.0 Å². The fraction of sp³-hybridized carbons (Fsp3) is 0.154. The number of hydrogen-bond acceptors (Lipinski definition) is 1. The smallest absolute Gasteiger partial charge is 0.185 e. The molecular formula is C13H14NOS+. The third-order valence-corrected chi connectivity index (χ3v) is 3.73. The van der Waals surface area contributed by atoms with Crippen LogP contribution >= 0.6 is 0 Å². The fourth-order valence-corrected chi connectivity index (χ4v) is 2.59. The normalized spacial score (nSPS) is 12.4. The van der Waals surface area contributed by atoms with Gasteiger partial charge in [-0.3, -0.25) is 0 Å². The van der Waals surface area contributed by atoms with Crippen LogP contribution in [0.4, 0.5) is 0 Å². The van der Waals surface area contributed by atoms with Crippen molar-refractivity contribution in [2.45, 2.75) is 16.7 Å². The molecule has 0 aliphatic heterocycles. The van der Waals surface area contributed by atoms with Gasteiger partial charge in [-0.1, -0.05) is 17.7 Å². The molecule has 0 spiro atoms. The average Bonchev–Trinajstić information content (AvgIpc) is 2.29. The summed E-state index contributed by atoms with van der Waals surface area (Å²) >= 11 is 0. The second-order valence-electron chi connectivity index (χ2n) is 3.79. The molecule has 1 aromatic heterocycles. The van der Waals surface area contributed by atoms with E-state index < -0.39 is 10.8 Å². The number of benzene rings is 1. The van der Waals surface area contributed by atoms with Gasteiger partial charge in [-0.15, -0.1) is 0 Å². The molecule has 1 heterocycles. The van der Waals surface area contributed by atoms with Gasteiger partial charge in [0.05, 0.1) is 10.8 Å². The molecule has 0 saturated heterocycles. The van der Waals surface area contributed by atoms with Crippen LogP contribution in [0.25, 0.3) is 0 Å². The lowest BCUT2D eigenvalue weighted by Crippen LogP contribution is -2.26. The number of aryl methyl sites for hydroxylation is 2. The first-order valence-electron chi connectivity index (χ1n) is 5.10. The van der Waals surface area contributed by atoms with Crippen LogP contribution in [-0.4, -0.2) is 4.21 Å². The zero-order valence-corrected chi connectivity index (χ0v) is 10.2. The first kappa shape index (κ1) is 11.0. The highest BCUT2D eigenvalue weighted by atomic mass is 32.2. The largest absolute Gasteiger partial charge is 0.249 e. The van der Waals surface area contributed by atoms with E-state index in [1.807, 2.05) is 67.3 Å². The molecule has 1 atom stereocenters. The standard InChI is InChI=1S/C13H14NOS/c1-11-5-7-12(8-6-11)16(15)13-4-3-9-14(2)10-13/h3-10H,1-2H3/q+1. The Hall–Kier alpha value is -1.48. The van der Waals surface area contributed by atoms with E-state index in [2.05, 4.69) is 0 Å². The Morgan fingerprint density at radius 2 is 1.75 bits per heavy atom. The Kier molecular flexibility index (Phi) is 3.15. The Morgan fingerprint density at radius 1 is 1.06 bits per heavy atom. The maximum absolute atomic E-state index is 12.2. The Morgan fingerprint density at radius 3 is 2.38 bits per heavy atom. The molecule has 2 aromatic rings. The molecule has 2 rings (SSSR count). The summed E-state index contributed by atoms with van der Waals surface area (Å²) in [6, 6.07) is 11.6. The van der Waals surface area contributed by atoms with E-state index in [9.17, 15) is 4.21 Å². The highest BCUT2D eigenvalue weighted by Gasteiger charge is 2.09. The van der Waals surface area contributed by atoms with Gasteiger partial charge in [0.1, 0.15) is 11.9 Å². The van der Waals surface area contributed by atoms with Crippen molar-refractivity contribution in [3.05, 3.63) is 54.4 Å². The summed E-state index contributed by atoms with van der Waals surface area (Å²) in [5, 5.41) is 0. The van der Waals surface area contributed by atoms with Crippen molar-refractivity contribution in [2.24, 2.45) is 7.05 Å². The third-order valence-electron chi connectivity index (χ3n) is 2.36. The maximum Gasteiger partial charge on any atom is 0.185 e. The van der Waals surface area contributed by atoms with E-state index in [0.717, 1.165) is 9.79 Å². The van der Waals surface area contributed by atoms with Crippen LogP contribution < -0.4 is 4.57 Å². The lowest BCUT2D eigenvalue weighted by Gasteiger charge is -2.01. The van der Waals surface area contributed by atoms with Gasteiger partial charge in [0.25, 0.3) is 0 Å². The number of nitrogens with zero attached hydrogens (tertiary/aromatic N) is 1. The predicted molar refractivity (Wildman–Crippen MR) is 63.5 cm³/mol. The van der Waals surface area contributed by atoms with Crippen LogP contribution in [-0.2, 0) is 17.8 Å². The number of aromatic nitrogens is 1. The van der Waals surface area contributed by atoms with E-state index >= 15 is 0 Å².